The Morgan fingerprint density at radius 1 is 1.08 bits per heavy atom. The maximum atomic E-state index is 12.9. The molecule has 0 atom stereocenters. The van der Waals surface area contributed by atoms with Gasteiger partial charge >= 0.3 is 5.69 Å². The summed E-state index contributed by atoms with van der Waals surface area (Å²) in [6.07, 6.45) is 1.04. The summed E-state index contributed by atoms with van der Waals surface area (Å²) in [5, 5.41) is 10.9. The lowest BCUT2D eigenvalue weighted by molar-refractivity contribution is 0.415. The molecular formula is C25H21ClN4O6S. The molecule has 0 spiro atoms. The van der Waals surface area contributed by atoms with E-state index in [1.807, 2.05) is 13.0 Å². The number of aromatic hydroxyl groups is 1. The fourth-order valence-corrected chi connectivity index (χ4v) is 4.78. The van der Waals surface area contributed by atoms with Crippen molar-refractivity contribution in [2.45, 2.75) is 11.8 Å². The van der Waals surface area contributed by atoms with Gasteiger partial charge in [-0.05, 0) is 48.9 Å². The predicted octanol–water partition coefficient (Wildman–Crippen LogP) is 3.75. The molecule has 0 radical (unpaired) electrons. The molecule has 0 aliphatic rings. The number of aromatic nitrogens is 2. The van der Waals surface area contributed by atoms with E-state index in [0.29, 0.717) is 5.69 Å². The summed E-state index contributed by atoms with van der Waals surface area (Å²) in [6, 6.07) is 17.2. The zero-order chi connectivity index (χ0) is 26.7. The molecule has 0 aliphatic carbocycles. The first-order chi connectivity index (χ1) is 17.6. The van der Waals surface area contributed by atoms with Gasteiger partial charge in [0, 0.05) is 18.0 Å². The second-order valence-electron chi connectivity index (χ2n) is 7.85. The van der Waals surface area contributed by atoms with Crippen LogP contribution in [0.2, 0.25) is 5.02 Å². The SMILES string of the molecule is COc1cc(S(=O)(=O)Nc2cccc(C)c2)ccc1N=Cc1c(O)n(-c2ccccc2Cl)c(=O)[nH]c1=O. The molecule has 4 rings (SSSR count). The molecule has 37 heavy (non-hydrogen) atoms. The first-order valence-corrected chi connectivity index (χ1v) is 12.6. The number of halogens is 1. The van der Waals surface area contributed by atoms with Crippen LogP contribution in [0.5, 0.6) is 11.6 Å². The highest BCUT2D eigenvalue weighted by Gasteiger charge is 2.18. The normalized spacial score (nSPS) is 11.5. The Morgan fingerprint density at radius 2 is 1.84 bits per heavy atom. The smallest absolute Gasteiger partial charge is 0.335 e. The van der Waals surface area contributed by atoms with E-state index < -0.39 is 27.2 Å². The number of nitrogens with one attached hydrogen (secondary N) is 2. The maximum Gasteiger partial charge on any atom is 0.335 e. The Hall–Kier alpha value is -4.35. The number of hydrogen-bond donors (Lipinski definition) is 3. The van der Waals surface area contributed by atoms with Crippen molar-refractivity contribution >= 4 is 39.2 Å². The summed E-state index contributed by atoms with van der Waals surface area (Å²) >= 11 is 6.15. The highest BCUT2D eigenvalue weighted by molar-refractivity contribution is 7.92. The van der Waals surface area contributed by atoms with E-state index in [0.717, 1.165) is 16.3 Å². The summed E-state index contributed by atoms with van der Waals surface area (Å²) in [5.41, 5.74) is -0.460. The lowest BCUT2D eigenvalue weighted by Crippen LogP contribution is -2.31. The molecule has 12 heteroatoms. The van der Waals surface area contributed by atoms with Gasteiger partial charge in [-0.15, -0.1) is 0 Å². The zero-order valence-electron chi connectivity index (χ0n) is 19.6. The number of ether oxygens (including phenoxy) is 1. The average Bonchev–Trinajstić information content (AvgIpc) is 2.84. The fourth-order valence-electron chi connectivity index (χ4n) is 3.50. The van der Waals surface area contributed by atoms with E-state index in [-0.39, 0.29) is 32.6 Å². The summed E-state index contributed by atoms with van der Waals surface area (Å²) < 4.78 is 34.4. The van der Waals surface area contributed by atoms with Gasteiger partial charge in [-0.25, -0.2) is 17.8 Å². The molecule has 3 aromatic carbocycles. The monoisotopic (exact) mass is 540 g/mol. The molecule has 3 N–H and O–H groups in total. The van der Waals surface area contributed by atoms with Gasteiger partial charge in [0.1, 0.15) is 17.0 Å². The molecule has 190 valence electrons. The Bertz CT molecular complexity index is 1750. The van der Waals surface area contributed by atoms with Crippen LogP contribution < -0.4 is 20.7 Å². The van der Waals surface area contributed by atoms with Crippen molar-refractivity contribution in [1.82, 2.24) is 9.55 Å². The minimum atomic E-state index is -3.93. The van der Waals surface area contributed by atoms with Gasteiger partial charge in [-0.3, -0.25) is 19.5 Å². The Labute approximate surface area is 216 Å². The van der Waals surface area contributed by atoms with Gasteiger partial charge in [0.25, 0.3) is 15.6 Å². The molecule has 4 aromatic rings. The molecule has 0 unspecified atom stereocenters. The number of hydrogen-bond acceptors (Lipinski definition) is 7. The summed E-state index contributed by atoms with van der Waals surface area (Å²) in [5.74, 6) is -0.579. The number of anilines is 1. The third-order valence-corrected chi connectivity index (χ3v) is 6.98. The molecule has 1 heterocycles. The van der Waals surface area contributed by atoms with Gasteiger partial charge in [-0.2, -0.15) is 0 Å². The minimum absolute atomic E-state index is 0.0715. The molecule has 0 saturated carbocycles. The molecule has 0 amide bonds. The van der Waals surface area contributed by atoms with E-state index >= 15 is 0 Å². The van der Waals surface area contributed by atoms with Crippen LogP contribution in [0.4, 0.5) is 11.4 Å². The maximum absolute atomic E-state index is 12.9. The van der Waals surface area contributed by atoms with Crippen LogP contribution in [-0.4, -0.2) is 36.4 Å². The third kappa shape index (κ3) is 5.42. The van der Waals surface area contributed by atoms with E-state index in [1.54, 1.807) is 30.3 Å². The number of H-pyrrole nitrogens is 1. The van der Waals surface area contributed by atoms with E-state index in [4.69, 9.17) is 16.3 Å². The van der Waals surface area contributed by atoms with E-state index in [1.165, 1.54) is 37.4 Å². The lowest BCUT2D eigenvalue weighted by atomic mass is 10.2. The highest BCUT2D eigenvalue weighted by atomic mass is 35.5. The number of nitrogens with zero attached hydrogens (tertiary/aromatic N) is 2. The van der Waals surface area contributed by atoms with Gasteiger partial charge in [0.05, 0.1) is 22.7 Å². The summed E-state index contributed by atoms with van der Waals surface area (Å²) in [6.45, 7) is 1.84. The van der Waals surface area contributed by atoms with Crippen molar-refractivity contribution in [3.05, 3.63) is 104 Å². The van der Waals surface area contributed by atoms with Gasteiger partial charge in [0.2, 0.25) is 5.88 Å². The van der Waals surface area contributed by atoms with Gasteiger partial charge in [-0.1, -0.05) is 35.9 Å². The minimum Gasteiger partial charge on any atom is -0.494 e. The number of sulfonamides is 1. The largest absolute Gasteiger partial charge is 0.494 e. The standard InChI is InChI=1S/C25H21ClN4O6S/c1-15-6-5-7-16(12-15)29-37(34,35)17-10-11-20(22(13-17)36-2)27-14-18-23(31)28-25(33)30(24(18)32)21-9-4-3-8-19(21)26/h3-14,29,32H,1-2H3,(H,28,31,33). The molecule has 1 aromatic heterocycles. The van der Waals surface area contributed by atoms with E-state index in [9.17, 15) is 23.1 Å². The first-order valence-electron chi connectivity index (χ1n) is 10.8. The number of rotatable bonds is 7. The van der Waals surface area contributed by atoms with Crippen LogP contribution in [0, 0.1) is 6.92 Å². The van der Waals surface area contributed by atoms with Crippen molar-refractivity contribution in [3.8, 4) is 17.3 Å². The number of benzene rings is 3. The van der Waals surface area contributed by atoms with Crippen LogP contribution in [-0.2, 0) is 10.0 Å². The number of methoxy groups -OCH3 is 1. The number of aryl methyl sites for hydroxylation is 1. The number of aromatic amines is 1. The van der Waals surface area contributed by atoms with E-state index in [2.05, 4.69) is 14.7 Å². The molecule has 0 saturated heterocycles. The molecule has 0 aliphatic heterocycles. The summed E-state index contributed by atoms with van der Waals surface area (Å²) in [4.78, 5) is 31.0. The Balaban J connectivity index is 1.71. The van der Waals surface area contributed by atoms with Crippen LogP contribution >= 0.6 is 11.6 Å². The molecule has 0 fully saturated rings. The van der Waals surface area contributed by atoms with Crippen LogP contribution in [0.3, 0.4) is 0 Å². The lowest BCUT2D eigenvalue weighted by Gasteiger charge is -2.12. The topological polar surface area (TPSA) is 143 Å². The molecular weight excluding hydrogens is 520 g/mol. The quantitative estimate of drug-likeness (QED) is 0.305. The molecule has 0 bridgehead atoms. The van der Waals surface area contributed by atoms with Gasteiger partial charge < -0.3 is 9.84 Å². The van der Waals surface area contributed by atoms with Crippen molar-refractivity contribution in [2.75, 3.05) is 11.8 Å². The van der Waals surface area contributed by atoms with Crippen LogP contribution in [0.25, 0.3) is 5.69 Å². The number of aliphatic imine (C=N–C) groups is 1. The van der Waals surface area contributed by atoms with Crippen molar-refractivity contribution in [1.29, 1.82) is 0 Å². The second kappa shape index (κ2) is 10.3. The Morgan fingerprint density at radius 3 is 2.54 bits per heavy atom. The average molecular weight is 541 g/mol. The first kappa shape index (κ1) is 25.7. The highest BCUT2D eigenvalue weighted by Crippen LogP contribution is 2.31. The molecule has 10 nitrogen and oxygen atoms in total. The van der Waals surface area contributed by atoms with Crippen molar-refractivity contribution in [2.24, 2.45) is 4.99 Å². The zero-order valence-corrected chi connectivity index (χ0v) is 21.2. The van der Waals surface area contributed by atoms with Crippen LogP contribution in [0.15, 0.2) is 86.2 Å². The van der Waals surface area contributed by atoms with Crippen molar-refractivity contribution in [3.63, 3.8) is 0 Å². The fraction of sp³-hybridized carbons (Fsp3) is 0.0800. The van der Waals surface area contributed by atoms with Crippen LogP contribution in [0.1, 0.15) is 11.1 Å². The summed E-state index contributed by atoms with van der Waals surface area (Å²) in [7, 11) is -2.60. The van der Waals surface area contributed by atoms with Gasteiger partial charge in [0.15, 0.2) is 0 Å². The third-order valence-electron chi connectivity index (χ3n) is 5.28. The Kier molecular flexibility index (Phi) is 7.18. The predicted molar refractivity (Wildman–Crippen MR) is 142 cm³/mol. The second-order valence-corrected chi connectivity index (χ2v) is 9.94. The number of para-hydroxylation sites is 1. The van der Waals surface area contributed by atoms with Crippen molar-refractivity contribution < 1.29 is 18.3 Å².